The van der Waals surface area contributed by atoms with E-state index in [1.807, 2.05) is 0 Å². The molecule has 3 fully saturated rings. The monoisotopic (exact) mass is 524 g/mol. The van der Waals surface area contributed by atoms with Crippen LogP contribution in [-0.2, 0) is 11.3 Å². The molecule has 0 aromatic carbocycles. The van der Waals surface area contributed by atoms with Crippen LogP contribution in [0.3, 0.4) is 0 Å². The number of imidazole rings is 1. The minimum atomic E-state index is -0.630. The van der Waals surface area contributed by atoms with Gasteiger partial charge in [0.25, 0.3) is 5.89 Å². The third kappa shape index (κ3) is 4.81. The van der Waals surface area contributed by atoms with Crippen molar-refractivity contribution in [3.63, 3.8) is 0 Å². The second kappa shape index (κ2) is 10.3. The van der Waals surface area contributed by atoms with Gasteiger partial charge in [0.1, 0.15) is 5.52 Å². The molecule has 2 N–H and O–H groups in total. The van der Waals surface area contributed by atoms with E-state index in [0.717, 1.165) is 36.3 Å². The maximum absolute atomic E-state index is 11.7. The molecule has 38 heavy (non-hydrogen) atoms. The number of hydrogen-bond acceptors (Lipinski definition) is 9. The number of H-pyrrole nitrogens is 1. The van der Waals surface area contributed by atoms with Crippen molar-refractivity contribution < 1.29 is 9.15 Å². The van der Waals surface area contributed by atoms with Crippen LogP contribution >= 0.6 is 0 Å². The molecule has 0 spiro atoms. The number of anilines is 2. The molecule has 3 aromatic heterocycles. The summed E-state index contributed by atoms with van der Waals surface area (Å²) in [6, 6.07) is 0.429. The Hall–Kier alpha value is -2.95. The first-order chi connectivity index (χ1) is 18.4. The smallest absolute Gasteiger partial charge is 0.384 e. The summed E-state index contributed by atoms with van der Waals surface area (Å²) in [6.07, 6.45) is 8.77. The fraction of sp³-hybridized carbons (Fsp3) is 0.741. The number of nitrogens with one attached hydrogen (secondary N) is 2. The third-order valence-electron chi connectivity index (χ3n) is 9.15. The Balaban J connectivity index is 1.49. The van der Waals surface area contributed by atoms with Crippen LogP contribution in [0.1, 0.15) is 72.6 Å². The van der Waals surface area contributed by atoms with Crippen LogP contribution in [0.5, 0.6) is 0 Å². The predicted molar refractivity (Wildman–Crippen MR) is 145 cm³/mol. The van der Waals surface area contributed by atoms with E-state index in [0.29, 0.717) is 24.1 Å². The topological polar surface area (TPSA) is 127 Å². The molecule has 1 saturated heterocycles. The number of aromatic nitrogens is 6. The van der Waals surface area contributed by atoms with Crippen molar-refractivity contribution in [1.29, 1.82) is 0 Å². The van der Waals surface area contributed by atoms with E-state index in [2.05, 4.69) is 52.7 Å². The van der Waals surface area contributed by atoms with Gasteiger partial charge in [-0.3, -0.25) is 0 Å². The first-order valence-electron chi connectivity index (χ1n) is 14.4. The molecule has 11 heteroatoms. The average molecular weight is 525 g/mol. The summed E-state index contributed by atoms with van der Waals surface area (Å²) in [4.78, 5) is 28.8. The largest absolute Gasteiger partial charge is 0.434 e. The summed E-state index contributed by atoms with van der Waals surface area (Å²) in [6.45, 7) is 11.2. The lowest BCUT2D eigenvalue weighted by molar-refractivity contribution is 0.0274. The molecule has 0 radical (unpaired) electrons. The highest BCUT2D eigenvalue weighted by molar-refractivity contribution is 5.87. The lowest BCUT2D eigenvalue weighted by atomic mass is 9.80. The zero-order valence-electron chi connectivity index (χ0n) is 22.9. The van der Waals surface area contributed by atoms with E-state index < -0.39 is 5.76 Å². The molecule has 2 saturated carbocycles. The molecular weight excluding hydrogens is 484 g/mol. The van der Waals surface area contributed by atoms with E-state index in [4.69, 9.17) is 24.1 Å². The second-order valence-corrected chi connectivity index (χ2v) is 11.8. The number of nitrogens with zero attached hydrogens (tertiary/aromatic N) is 6. The summed E-state index contributed by atoms with van der Waals surface area (Å²) in [5.74, 6) is 3.32. The molecule has 2 aliphatic carbocycles. The van der Waals surface area contributed by atoms with Gasteiger partial charge in [-0.1, -0.05) is 26.2 Å². The van der Waals surface area contributed by atoms with Gasteiger partial charge < -0.3 is 23.9 Å². The summed E-state index contributed by atoms with van der Waals surface area (Å²) in [7, 11) is 0. The highest BCUT2D eigenvalue weighted by Crippen LogP contribution is 2.37. The number of aromatic amines is 1. The van der Waals surface area contributed by atoms with Gasteiger partial charge in [-0.2, -0.15) is 4.98 Å². The molecule has 3 aliphatic rings. The van der Waals surface area contributed by atoms with Gasteiger partial charge >= 0.3 is 5.76 Å². The van der Waals surface area contributed by atoms with Gasteiger partial charge in [-0.05, 0) is 64.2 Å². The van der Waals surface area contributed by atoms with Crippen molar-refractivity contribution >= 4 is 22.9 Å². The Kier molecular flexibility index (Phi) is 6.88. The molecule has 3 unspecified atom stereocenters. The quantitative estimate of drug-likeness (QED) is 0.467. The fourth-order valence-electron chi connectivity index (χ4n) is 6.20. The Morgan fingerprint density at radius 1 is 1.08 bits per heavy atom. The minimum absolute atomic E-state index is 0.0713. The average Bonchev–Trinajstić information content (AvgIpc) is 3.45. The number of hydrogen-bond donors (Lipinski definition) is 2. The van der Waals surface area contributed by atoms with Crippen molar-refractivity contribution in [2.24, 2.45) is 17.8 Å². The van der Waals surface area contributed by atoms with Gasteiger partial charge in [-0.25, -0.2) is 19.9 Å². The van der Waals surface area contributed by atoms with Crippen molar-refractivity contribution in [3.8, 4) is 11.7 Å². The number of morpholine rings is 1. The minimum Gasteiger partial charge on any atom is -0.384 e. The lowest BCUT2D eigenvalue weighted by Gasteiger charge is -2.39. The van der Waals surface area contributed by atoms with Crippen LogP contribution in [0, 0.1) is 17.8 Å². The fourth-order valence-corrected chi connectivity index (χ4v) is 6.20. The Morgan fingerprint density at radius 3 is 2.55 bits per heavy atom. The Labute approximate surface area is 222 Å². The number of ether oxygens (including phenoxy) is 1. The molecule has 3 aromatic rings. The standard InChI is InChI=1S/C27H40N8O3/c1-15-8-10-19(11-9-15)14-35-21-22(28-16(2)20-6-5-7-20)29-24(25-32-33-27(36)38-25)30-23(21)31-26(35)34-12-13-37-18(4)17(34)3/h15-20H,5-14H2,1-4H3,(H,33,36)(H,28,29,30). The molecular formula is C27H40N8O3. The molecule has 1 aliphatic heterocycles. The van der Waals surface area contributed by atoms with Crippen molar-refractivity contribution in [2.45, 2.75) is 97.4 Å². The number of rotatable bonds is 7. The summed E-state index contributed by atoms with van der Waals surface area (Å²) in [5, 5.41) is 10.0. The molecule has 4 heterocycles. The molecule has 0 bridgehead atoms. The number of fused-ring (bicyclic) bond motifs is 1. The van der Waals surface area contributed by atoms with Gasteiger partial charge in [0.15, 0.2) is 11.5 Å². The zero-order valence-corrected chi connectivity index (χ0v) is 22.9. The Morgan fingerprint density at radius 2 is 1.87 bits per heavy atom. The second-order valence-electron chi connectivity index (χ2n) is 11.8. The van der Waals surface area contributed by atoms with E-state index in [-0.39, 0.29) is 29.9 Å². The van der Waals surface area contributed by atoms with Crippen LogP contribution in [0.15, 0.2) is 9.21 Å². The maximum Gasteiger partial charge on any atom is 0.434 e. The summed E-state index contributed by atoms with van der Waals surface area (Å²) >= 11 is 0. The van der Waals surface area contributed by atoms with Crippen LogP contribution in [0.4, 0.5) is 11.8 Å². The van der Waals surface area contributed by atoms with Gasteiger partial charge in [-0.15, -0.1) is 5.10 Å². The highest BCUT2D eigenvalue weighted by Gasteiger charge is 2.33. The highest BCUT2D eigenvalue weighted by atomic mass is 16.5. The van der Waals surface area contributed by atoms with Crippen molar-refractivity contribution in [2.75, 3.05) is 23.4 Å². The summed E-state index contributed by atoms with van der Waals surface area (Å²) in [5.41, 5.74) is 1.51. The maximum atomic E-state index is 11.7. The van der Waals surface area contributed by atoms with Crippen molar-refractivity contribution in [3.05, 3.63) is 10.6 Å². The van der Waals surface area contributed by atoms with Crippen molar-refractivity contribution in [1.82, 2.24) is 29.7 Å². The molecule has 0 amide bonds. The molecule has 11 nitrogen and oxygen atoms in total. The van der Waals surface area contributed by atoms with Gasteiger partial charge in [0, 0.05) is 19.1 Å². The van der Waals surface area contributed by atoms with Gasteiger partial charge in [0.05, 0.1) is 18.8 Å². The zero-order chi connectivity index (χ0) is 26.4. The Bertz CT molecular complexity index is 1320. The molecule has 206 valence electrons. The molecule has 3 atom stereocenters. The predicted octanol–water partition coefficient (Wildman–Crippen LogP) is 4.21. The van der Waals surface area contributed by atoms with Crippen LogP contribution < -0.4 is 16.0 Å². The third-order valence-corrected chi connectivity index (χ3v) is 9.15. The van der Waals surface area contributed by atoms with Crippen LogP contribution in [0.2, 0.25) is 0 Å². The van der Waals surface area contributed by atoms with E-state index in [1.54, 1.807) is 0 Å². The van der Waals surface area contributed by atoms with E-state index in [9.17, 15) is 4.79 Å². The first kappa shape index (κ1) is 25.3. The first-order valence-corrected chi connectivity index (χ1v) is 14.4. The molecule has 6 rings (SSSR count). The normalized spacial score (nSPS) is 27.4. The van der Waals surface area contributed by atoms with Gasteiger partial charge in [0.2, 0.25) is 11.8 Å². The van der Waals surface area contributed by atoms with E-state index >= 15 is 0 Å². The van der Waals surface area contributed by atoms with Crippen LogP contribution in [-0.4, -0.2) is 61.1 Å². The lowest BCUT2D eigenvalue weighted by Crippen LogP contribution is -2.49. The summed E-state index contributed by atoms with van der Waals surface area (Å²) < 4.78 is 13.5. The van der Waals surface area contributed by atoms with E-state index in [1.165, 1.54) is 44.9 Å². The SMILES string of the molecule is CC1CCC(Cn2c(N3CCOC(C)C3C)nc3nc(-c4n[nH]c(=O)o4)nc(NC(C)C4CCC4)c32)CC1. The van der Waals surface area contributed by atoms with Crippen LogP contribution in [0.25, 0.3) is 22.9 Å².